The highest BCUT2D eigenvalue weighted by atomic mass is 35.5. The molecule has 3 aromatic rings. The number of likely N-dealkylation sites (N-methyl/N-ethyl adjacent to an activating group) is 1. The van der Waals surface area contributed by atoms with Crippen LogP contribution >= 0.6 is 11.6 Å². The fourth-order valence-electron chi connectivity index (χ4n) is 3.85. The van der Waals surface area contributed by atoms with Crippen LogP contribution in [-0.4, -0.2) is 53.7 Å². The van der Waals surface area contributed by atoms with Crippen molar-refractivity contribution in [3.05, 3.63) is 59.4 Å². The Labute approximate surface area is 193 Å². The first kappa shape index (κ1) is 22.3. The Balaban J connectivity index is 1.28. The molecule has 2 aromatic carbocycles. The van der Waals surface area contributed by atoms with Gasteiger partial charge in [0.2, 0.25) is 17.6 Å². The van der Waals surface area contributed by atoms with E-state index in [0.29, 0.717) is 36.0 Å². The summed E-state index contributed by atoms with van der Waals surface area (Å²) < 4.78 is 5.33. The number of hydrogen-bond donors (Lipinski definition) is 1. The first-order valence-corrected chi connectivity index (χ1v) is 11.4. The summed E-state index contributed by atoms with van der Waals surface area (Å²) in [6.07, 6.45) is 1.57. The van der Waals surface area contributed by atoms with Gasteiger partial charge in [0, 0.05) is 49.6 Å². The van der Waals surface area contributed by atoms with Gasteiger partial charge >= 0.3 is 0 Å². The first-order valence-electron chi connectivity index (χ1n) is 11.1. The number of hydrogen-bond acceptors (Lipinski definition) is 6. The summed E-state index contributed by atoms with van der Waals surface area (Å²) >= 11 is 5.92. The summed E-state index contributed by atoms with van der Waals surface area (Å²) in [5.74, 6) is 1.04. The molecule has 0 unspecified atom stereocenters. The molecule has 0 aliphatic carbocycles. The van der Waals surface area contributed by atoms with Crippen LogP contribution in [0.2, 0.25) is 5.02 Å². The van der Waals surface area contributed by atoms with Crippen LogP contribution in [0.5, 0.6) is 0 Å². The number of rotatable bonds is 8. The van der Waals surface area contributed by atoms with Crippen LogP contribution in [0.1, 0.15) is 25.7 Å². The molecule has 2 heterocycles. The van der Waals surface area contributed by atoms with Crippen molar-refractivity contribution in [2.45, 2.75) is 26.2 Å². The Morgan fingerprint density at radius 3 is 2.59 bits per heavy atom. The van der Waals surface area contributed by atoms with Crippen LogP contribution < -0.4 is 10.2 Å². The molecule has 1 N–H and O–H groups in total. The summed E-state index contributed by atoms with van der Waals surface area (Å²) in [6, 6.07) is 15.3. The van der Waals surface area contributed by atoms with Crippen LogP contribution in [-0.2, 0) is 11.2 Å². The molecule has 32 heavy (non-hydrogen) atoms. The number of aryl methyl sites for hydroxylation is 1. The van der Waals surface area contributed by atoms with E-state index >= 15 is 0 Å². The van der Waals surface area contributed by atoms with Gasteiger partial charge in [-0.05, 0) is 49.4 Å². The van der Waals surface area contributed by atoms with E-state index in [4.69, 9.17) is 16.1 Å². The number of nitrogens with one attached hydrogen (secondary N) is 1. The number of para-hydroxylation sites is 2. The number of nitrogens with zero attached hydrogens (tertiary/aromatic N) is 4. The Bertz CT molecular complexity index is 1030. The number of carbonyl (C=O) groups excluding carboxylic acids is 1. The molecule has 168 valence electrons. The summed E-state index contributed by atoms with van der Waals surface area (Å²) in [6.45, 7) is 7.29. The number of piperazine rings is 1. The minimum absolute atomic E-state index is 0.0120. The Kier molecular flexibility index (Phi) is 7.39. The van der Waals surface area contributed by atoms with Crippen molar-refractivity contribution in [1.82, 2.24) is 15.0 Å². The predicted molar refractivity (Wildman–Crippen MR) is 127 cm³/mol. The van der Waals surface area contributed by atoms with Crippen molar-refractivity contribution in [2.75, 3.05) is 42.9 Å². The standard InChI is InChI=1S/C24H28ClN5O2/c1-2-29-14-16-30(17-15-29)21-7-4-3-6-20(21)26-22(31)8-5-9-23-27-24(28-32-23)18-10-12-19(25)13-11-18/h3-4,6-7,10-13H,2,5,8-9,14-17H2,1H3,(H,26,31). The third kappa shape index (κ3) is 5.66. The number of anilines is 2. The van der Waals surface area contributed by atoms with Crippen LogP contribution in [0.15, 0.2) is 53.1 Å². The van der Waals surface area contributed by atoms with Gasteiger partial charge < -0.3 is 19.6 Å². The van der Waals surface area contributed by atoms with Crippen LogP contribution in [0.3, 0.4) is 0 Å². The molecule has 1 fully saturated rings. The molecule has 7 nitrogen and oxygen atoms in total. The van der Waals surface area contributed by atoms with Gasteiger partial charge in [-0.25, -0.2) is 0 Å². The molecule has 1 aromatic heterocycles. The highest BCUT2D eigenvalue weighted by molar-refractivity contribution is 6.30. The van der Waals surface area contributed by atoms with Crippen molar-refractivity contribution >= 4 is 28.9 Å². The molecule has 8 heteroatoms. The zero-order valence-corrected chi connectivity index (χ0v) is 19.0. The summed E-state index contributed by atoms with van der Waals surface area (Å²) in [5, 5.41) is 7.76. The van der Waals surface area contributed by atoms with E-state index in [1.807, 2.05) is 30.3 Å². The average Bonchev–Trinajstić information content (AvgIpc) is 3.29. The predicted octanol–water partition coefficient (Wildman–Crippen LogP) is 4.49. The molecule has 0 bridgehead atoms. The van der Waals surface area contributed by atoms with E-state index in [1.54, 1.807) is 12.1 Å². The monoisotopic (exact) mass is 453 g/mol. The molecule has 1 amide bonds. The third-order valence-corrected chi connectivity index (χ3v) is 5.96. The molecule has 0 radical (unpaired) electrons. The molecule has 0 saturated carbocycles. The fraction of sp³-hybridized carbons (Fsp3) is 0.375. The van der Waals surface area contributed by atoms with Gasteiger partial charge in [0.1, 0.15) is 0 Å². The van der Waals surface area contributed by atoms with E-state index in [1.165, 1.54) is 0 Å². The summed E-state index contributed by atoms with van der Waals surface area (Å²) in [4.78, 5) is 21.8. The van der Waals surface area contributed by atoms with E-state index in [0.717, 1.165) is 49.7 Å². The van der Waals surface area contributed by atoms with Crippen LogP contribution in [0.4, 0.5) is 11.4 Å². The summed E-state index contributed by atoms with van der Waals surface area (Å²) in [7, 11) is 0. The topological polar surface area (TPSA) is 74.5 Å². The number of aromatic nitrogens is 2. The van der Waals surface area contributed by atoms with E-state index in [2.05, 4.69) is 38.2 Å². The first-order chi connectivity index (χ1) is 15.6. The van der Waals surface area contributed by atoms with Crippen molar-refractivity contribution in [3.63, 3.8) is 0 Å². The molecule has 0 spiro atoms. The normalized spacial score (nSPS) is 14.5. The lowest BCUT2D eigenvalue weighted by Crippen LogP contribution is -2.46. The van der Waals surface area contributed by atoms with Gasteiger partial charge in [-0.1, -0.05) is 35.8 Å². The van der Waals surface area contributed by atoms with Crippen molar-refractivity contribution in [2.24, 2.45) is 0 Å². The minimum Gasteiger partial charge on any atom is -0.367 e. The largest absolute Gasteiger partial charge is 0.367 e. The van der Waals surface area contributed by atoms with Crippen molar-refractivity contribution in [1.29, 1.82) is 0 Å². The number of carbonyl (C=O) groups is 1. The fourth-order valence-corrected chi connectivity index (χ4v) is 3.97. The zero-order valence-electron chi connectivity index (χ0n) is 18.3. The van der Waals surface area contributed by atoms with Gasteiger partial charge in [-0.3, -0.25) is 4.79 Å². The van der Waals surface area contributed by atoms with Gasteiger partial charge in [0.05, 0.1) is 11.4 Å². The van der Waals surface area contributed by atoms with E-state index < -0.39 is 0 Å². The lowest BCUT2D eigenvalue weighted by molar-refractivity contribution is -0.116. The third-order valence-electron chi connectivity index (χ3n) is 5.70. The van der Waals surface area contributed by atoms with Crippen molar-refractivity contribution < 1.29 is 9.32 Å². The Morgan fingerprint density at radius 2 is 1.84 bits per heavy atom. The molecular weight excluding hydrogens is 426 g/mol. The van der Waals surface area contributed by atoms with Crippen molar-refractivity contribution in [3.8, 4) is 11.4 Å². The molecule has 4 rings (SSSR count). The second-order valence-electron chi connectivity index (χ2n) is 7.86. The lowest BCUT2D eigenvalue weighted by atomic mass is 10.2. The van der Waals surface area contributed by atoms with Gasteiger partial charge in [0.25, 0.3) is 0 Å². The molecule has 1 saturated heterocycles. The minimum atomic E-state index is -0.0120. The Morgan fingerprint density at radius 1 is 1.09 bits per heavy atom. The average molecular weight is 454 g/mol. The summed E-state index contributed by atoms with van der Waals surface area (Å²) in [5.41, 5.74) is 2.80. The van der Waals surface area contributed by atoms with Gasteiger partial charge in [-0.15, -0.1) is 0 Å². The lowest BCUT2D eigenvalue weighted by Gasteiger charge is -2.36. The maximum absolute atomic E-state index is 12.6. The molecule has 1 aliphatic rings. The molecule has 0 atom stereocenters. The van der Waals surface area contributed by atoms with Gasteiger partial charge in [0.15, 0.2) is 0 Å². The number of halogens is 1. The van der Waals surface area contributed by atoms with Crippen LogP contribution in [0, 0.1) is 0 Å². The number of amides is 1. The van der Waals surface area contributed by atoms with E-state index in [9.17, 15) is 4.79 Å². The molecular formula is C24H28ClN5O2. The highest BCUT2D eigenvalue weighted by Crippen LogP contribution is 2.27. The smallest absolute Gasteiger partial charge is 0.226 e. The quantitative estimate of drug-likeness (QED) is 0.541. The van der Waals surface area contributed by atoms with Crippen LogP contribution in [0.25, 0.3) is 11.4 Å². The maximum Gasteiger partial charge on any atom is 0.226 e. The second kappa shape index (κ2) is 10.6. The Hall–Kier alpha value is -2.90. The number of benzene rings is 2. The van der Waals surface area contributed by atoms with E-state index in [-0.39, 0.29) is 5.91 Å². The maximum atomic E-state index is 12.6. The zero-order chi connectivity index (χ0) is 22.3. The highest BCUT2D eigenvalue weighted by Gasteiger charge is 2.19. The second-order valence-corrected chi connectivity index (χ2v) is 8.30. The van der Waals surface area contributed by atoms with Gasteiger partial charge in [-0.2, -0.15) is 4.98 Å². The SMILES string of the molecule is CCN1CCN(c2ccccc2NC(=O)CCCc2nc(-c3ccc(Cl)cc3)no2)CC1. The molecule has 1 aliphatic heterocycles.